The molecule has 0 saturated heterocycles. The molecule has 1 aliphatic rings. The molecule has 2 aromatic rings. The van der Waals surface area contributed by atoms with E-state index in [-0.39, 0.29) is 11.9 Å². The molecule has 6 nitrogen and oxygen atoms in total. The van der Waals surface area contributed by atoms with Crippen LogP contribution in [0.3, 0.4) is 0 Å². The second-order valence-corrected chi connectivity index (χ2v) is 5.81. The van der Waals surface area contributed by atoms with Gasteiger partial charge in [0.15, 0.2) is 0 Å². The van der Waals surface area contributed by atoms with Crippen LogP contribution < -0.4 is 10.5 Å². The number of hydrogen-bond acceptors (Lipinski definition) is 5. The molecule has 0 aliphatic carbocycles. The zero-order valence-corrected chi connectivity index (χ0v) is 13.9. The number of nitrogens with two attached hydrogens (primary N) is 1. The second-order valence-electron chi connectivity index (χ2n) is 5.81. The van der Waals surface area contributed by atoms with Crippen molar-refractivity contribution >= 4 is 11.9 Å². The van der Waals surface area contributed by atoms with Crippen LogP contribution in [-0.2, 0) is 24.2 Å². The van der Waals surface area contributed by atoms with Crippen molar-refractivity contribution in [2.24, 2.45) is 0 Å². The summed E-state index contributed by atoms with van der Waals surface area (Å²) in [5, 5.41) is 0. The van der Waals surface area contributed by atoms with Crippen molar-refractivity contribution in [2.45, 2.75) is 32.7 Å². The Balaban J connectivity index is 1.62. The van der Waals surface area contributed by atoms with Crippen LogP contribution in [0.4, 0.5) is 5.95 Å². The first-order chi connectivity index (χ1) is 11.7. The molecule has 2 heterocycles. The number of rotatable bonds is 5. The monoisotopic (exact) mass is 326 g/mol. The smallest absolute Gasteiger partial charge is 0.223 e. The van der Waals surface area contributed by atoms with E-state index in [4.69, 9.17) is 10.5 Å². The number of para-hydroxylation sites is 1. The third kappa shape index (κ3) is 3.64. The molecule has 6 heteroatoms. The quantitative estimate of drug-likeness (QED) is 0.908. The van der Waals surface area contributed by atoms with Crippen molar-refractivity contribution < 1.29 is 9.53 Å². The Morgan fingerprint density at radius 1 is 1.38 bits per heavy atom. The van der Waals surface area contributed by atoms with Crippen LogP contribution in [-0.4, -0.2) is 33.9 Å². The van der Waals surface area contributed by atoms with Crippen molar-refractivity contribution in [2.75, 3.05) is 18.9 Å². The third-order valence-electron chi connectivity index (χ3n) is 4.20. The Bertz CT molecular complexity index is 733. The molecule has 3 rings (SSSR count). The average molecular weight is 326 g/mol. The molecule has 0 spiro atoms. The minimum Gasteiger partial charge on any atom is -0.494 e. The van der Waals surface area contributed by atoms with Gasteiger partial charge in [0.1, 0.15) is 5.75 Å². The molecular weight excluding hydrogens is 304 g/mol. The van der Waals surface area contributed by atoms with E-state index in [1.165, 1.54) is 0 Å². The number of anilines is 1. The Kier molecular flexibility index (Phi) is 4.93. The molecule has 1 amide bonds. The lowest BCUT2D eigenvalue weighted by molar-refractivity contribution is -0.132. The molecule has 1 aromatic heterocycles. The van der Waals surface area contributed by atoms with Gasteiger partial charge < -0.3 is 15.4 Å². The zero-order chi connectivity index (χ0) is 16.9. The first kappa shape index (κ1) is 16.2. The van der Waals surface area contributed by atoms with Crippen LogP contribution in [0.2, 0.25) is 0 Å². The maximum absolute atomic E-state index is 12.5. The van der Waals surface area contributed by atoms with Crippen LogP contribution in [0.1, 0.15) is 30.2 Å². The van der Waals surface area contributed by atoms with E-state index in [0.29, 0.717) is 32.5 Å². The number of aromatic nitrogens is 2. The fourth-order valence-corrected chi connectivity index (χ4v) is 2.94. The summed E-state index contributed by atoms with van der Waals surface area (Å²) in [6.45, 7) is 3.79. The lowest BCUT2D eigenvalue weighted by Gasteiger charge is -2.28. The number of hydrogen-bond donors (Lipinski definition) is 1. The van der Waals surface area contributed by atoms with Crippen LogP contribution >= 0.6 is 0 Å². The summed E-state index contributed by atoms with van der Waals surface area (Å²) in [4.78, 5) is 22.7. The number of ether oxygens (including phenoxy) is 1. The number of fused-ring (bicyclic) bond motifs is 1. The van der Waals surface area contributed by atoms with E-state index < -0.39 is 0 Å². The normalized spacial score (nSPS) is 13.5. The molecule has 2 N–H and O–H groups in total. The SMILES string of the molecule is CCOc1ccccc1CCC(=O)N1CCc2cnc(N)nc2C1. The Morgan fingerprint density at radius 2 is 2.21 bits per heavy atom. The first-order valence-electron chi connectivity index (χ1n) is 8.26. The summed E-state index contributed by atoms with van der Waals surface area (Å²) in [6, 6.07) is 7.87. The Morgan fingerprint density at radius 3 is 3.04 bits per heavy atom. The third-order valence-corrected chi connectivity index (χ3v) is 4.20. The predicted octanol–water partition coefficient (Wildman–Crippen LogP) is 1.97. The summed E-state index contributed by atoms with van der Waals surface area (Å²) in [5.74, 6) is 1.25. The number of aryl methyl sites for hydroxylation is 1. The number of amides is 1. The highest BCUT2D eigenvalue weighted by Gasteiger charge is 2.22. The highest BCUT2D eigenvalue weighted by molar-refractivity contribution is 5.76. The average Bonchev–Trinajstić information content (AvgIpc) is 2.60. The summed E-state index contributed by atoms with van der Waals surface area (Å²) in [6.07, 6.45) is 3.67. The van der Waals surface area contributed by atoms with Gasteiger partial charge >= 0.3 is 0 Å². The second kappa shape index (κ2) is 7.29. The molecule has 1 aromatic carbocycles. The number of carbonyl (C=O) groups is 1. The lowest BCUT2D eigenvalue weighted by Crippen LogP contribution is -2.36. The zero-order valence-electron chi connectivity index (χ0n) is 13.9. The maximum Gasteiger partial charge on any atom is 0.223 e. The van der Waals surface area contributed by atoms with Gasteiger partial charge in [0.2, 0.25) is 11.9 Å². The van der Waals surface area contributed by atoms with Crippen LogP contribution in [0.25, 0.3) is 0 Å². The van der Waals surface area contributed by atoms with Gasteiger partial charge in [-0.2, -0.15) is 0 Å². The first-order valence-corrected chi connectivity index (χ1v) is 8.26. The van der Waals surface area contributed by atoms with Gasteiger partial charge in [0, 0.05) is 19.2 Å². The van der Waals surface area contributed by atoms with Gasteiger partial charge in [0.25, 0.3) is 0 Å². The standard InChI is InChI=1S/C18H22N4O2/c1-2-24-16-6-4-3-5-13(16)7-8-17(23)22-10-9-14-11-20-18(19)21-15(14)12-22/h3-6,11H,2,7-10,12H2,1H3,(H2,19,20,21). The number of benzene rings is 1. The molecule has 0 fully saturated rings. The van der Waals surface area contributed by atoms with Gasteiger partial charge in [0.05, 0.1) is 18.8 Å². The molecule has 0 atom stereocenters. The van der Waals surface area contributed by atoms with E-state index in [1.54, 1.807) is 6.20 Å². The van der Waals surface area contributed by atoms with Crippen molar-refractivity contribution in [3.63, 3.8) is 0 Å². The van der Waals surface area contributed by atoms with E-state index in [0.717, 1.165) is 29.0 Å². The van der Waals surface area contributed by atoms with Crippen molar-refractivity contribution in [1.29, 1.82) is 0 Å². The molecule has 1 aliphatic heterocycles. The lowest BCUT2D eigenvalue weighted by atomic mass is 10.0. The van der Waals surface area contributed by atoms with E-state index in [1.807, 2.05) is 36.1 Å². The Labute approximate surface area is 141 Å². The van der Waals surface area contributed by atoms with Gasteiger partial charge in [-0.3, -0.25) is 4.79 Å². The van der Waals surface area contributed by atoms with Crippen LogP contribution in [0.5, 0.6) is 5.75 Å². The van der Waals surface area contributed by atoms with Crippen LogP contribution in [0, 0.1) is 0 Å². The highest BCUT2D eigenvalue weighted by Crippen LogP contribution is 2.21. The summed E-state index contributed by atoms with van der Waals surface area (Å²) < 4.78 is 5.62. The summed E-state index contributed by atoms with van der Waals surface area (Å²) in [5.41, 5.74) is 8.65. The topological polar surface area (TPSA) is 81.3 Å². The minimum absolute atomic E-state index is 0.129. The molecular formula is C18H22N4O2. The molecule has 24 heavy (non-hydrogen) atoms. The predicted molar refractivity (Wildman–Crippen MR) is 91.5 cm³/mol. The van der Waals surface area contributed by atoms with Crippen molar-refractivity contribution in [1.82, 2.24) is 14.9 Å². The highest BCUT2D eigenvalue weighted by atomic mass is 16.5. The van der Waals surface area contributed by atoms with Gasteiger partial charge in [-0.05, 0) is 37.0 Å². The summed E-state index contributed by atoms with van der Waals surface area (Å²) >= 11 is 0. The van der Waals surface area contributed by atoms with Gasteiger partial charge in [-0.1, -0.05) is 18.2 Å². The minimum atomic E-state index is 0.129. The van der Waals surface area contributed by atoms with E-state index in [9.17, 15) is 4.79 Å². The number of nitrogens with zero attached hydrogens (tertiary/aromatic N) is 3. The van der Waals surface area contributed by atoms with Crippen LogP contribution in [0.15, 0.2) is 30.5 Å². The molecule has 0 unspecified atom stereocenters. The molecule has 0 radical (unpaired) electrons. The molecule has 0 saturated carbocycles. The largest absolute Gasteiger partial charge is 0.494 e. The fraction of sp³-hybridized carbons (Fsp3) is 0.389. The summed E-state index contributed by atoms with van der Waals surface area (Å²) in [7, 11) is 0. The Hall–Kier alpha value is -2.63. The van der Waals surface area contributed by atoms with Gasteiger partial charge in [-0.15, -0.1) is 0 Å². The van der Waals surface area contributed by atoms with Crippen molar-refractivity contribution in [3.05, 3.63) is 47.3 Å². The van der Waals surface area contributed by atoms with E-state index >= 15 is 0 Å². The number of nitrogen functional groups attached to an aromatic ring is 1. The number of carbonyl (C=O) groups excluding carboxylic acids is 1. The molecule has 126 valence electrons. The van der Waals surface area contributed by atoms with Gasteiger partial charge in [-0.25, -0.2) is 9.97 Å². The van der Waals surface area contributed by atoms with Crippen molar-refractivity contribution in [3.8, 4) is 5.75 Å². The molecule has 0 bridgehead atoms. The fourth-order valence-electron chi connectivity index (χ4n) is 2.94. The maximum atomic E-state index is 12.5. The van der Waals surface area contributed by atoms with E-state index in [2.05, 4.69) is 9.97 Å².